The van der Waals surface area contributed by atoms with Gasteiger partial charge < -0.3 is 14.6 Å². The van der Waals surface area contributed by atoms with E-state index in [0.717, 1.165) is 22.3 Å². The Morgan fingerprint density at radius 1 is 0.933 bits per heavy atom. The molecule has 0 aliphatic heterocycles. The van der Waals surface area contributed by atoms with Crippen LogP contribution in [-0.2, 0) is 13.6 Å². The fourth-order valence-electron chi connectivity index (χ4n) is 3.90. The van der Waals surface area contributed by atoms with Crippen molar-refractivity contribution in [3.8, 4) is 0 Å². The summed E-state index contributed by atoms with van der Waals surface area (Å²) in [7, 11) is 1.78. The molecule has 0 spiro atoms. The second kappa shape index (κ2) is 8.93. The molecule has 5 heteroatoms. The maximum atomic E-state index is 13.1. The maximum absolute atomic E-state index is 13.1. The molecule has 0 fully saturated rings. The highest BCUT2D eigenvalue weighted by molar-refractivity contribution is 5.74. The van der Waals surface area contributed by atoms with Gasteiger partial charge in [0.25, 0.3) is 5.56 Å². The standard InChI is InChI=1S/C25H25N3O2/c1-27-24-15-9-8-14-21(24)26-22(25(27)30)18-28(20-12-6-3-7-13-20)23(16-17-29)19-10-4-2-5-11-19/h2-15,23,29H,16-18H2,1H3. The summed E-state index contributed by atoms with van der Waals surface area (Å²) in [6.07, 6.45) is 0.548. The molecule has 1 atom stereocenters. The Hall–Kier alpha value is -3.44. The second-order valence-electron chi connectivity index (χ2n) is 7.31. The first-order valence-corrected chi connectivity index (χ1v) is 10.1. The summed E-state index contributed by atoms with van der Waals surface area (Å²) in [4.78, 5) is 19.9. The third-order valence-corrected chi connectivity index (χ3v) is 5.42. The number of anilines is 1. The van der Waals surface area contributed by atoms with Gasteiger partial charge in [-0.15, -0.1) is 0 Å². The van der Waals surface area contributed by atoms with E-state index < -0.39 is 0 Å². The van der Waals surface area contributed by atoms with Crippen LogP contribution in [0.4, 0.5) is 5.69 Å². The van der Waals surface area contributed by atoms with Gasteiger partial charge in [0.2, 0.25) is 0 Å². The second-order valence-corrected chi connectivity index (χ2v) is 7.31. The first-order valence-electron chi connectivity index (χ1n) is 10.1. The van der Waals surface area contributed by atoms with Gasteiger partial charge in [-0.05, 0) is 36.2 Å². The van der Waals surface area contributed by atoms with E-state index in [4.69, 9.17) is 4.98 Å². The maximum Gasteiger partial charge on any atom is 0.274 e. The fourth-order valence-corrected chi connectivity index (χ4v) is 3.90. The molecule has 0 saturated carbocycles. The van der Waals surface area contributed by atoms with E-state index in [1.165, 1.54) is 0 Å². The first-order chi connectivity index (χ1) is 14.7. The van der Waals surface area contributed by atoms with Crippen LogP contribution in [-0.4, -0.2) is 21.3 Å². The highest BCUT2D eigenvalue weighted by atomic mass is 16.3. The van der Waals surface area contributed by atoms with Crippen molar-refractivity contribution in [1.82, 2.24) is 9.55 Å². The molecule has 1 N–H and O–H groups in total. The Bertz CT molecular complexity index is 1170. The van der Waals surface area contributed by atoms with Crippen molar-refractivity contribution in [3.63, 3.8) is 0 Å². The Morgan fingerprint density at radius 3 is 2.27 bits per heavy atom. The molecular formula is C25H25N3O2. The van der Waals surface area contributed by atoms with Crippen LogP contribution in [0, 0.1) is 0 Å². The van der Waals surface area contributed by atoms with Gasteiger partial charge in [0, 0.05) is 19.3 Å². The van der Waals surface area contributed by atoms with Gasteiger partial charge in [-0.1, -0.05) is 60.7 Å². The van der Waals surface area contributed by atoms with E-state index in [0.29, 0.717) is 18.7 Å². The predicted molar refractivity (Wildman–Crippen MR) is 120 cm³/mol. The SMILES string of the molecule is Cn1c(=O)c(CN(c2ccccc2)C(CCO)c2ccccc2)nc2ccccc21. The molecule has 1 unspecified atom stereocenters. The summed E-state index contributed by atoms with van der Waals surface area (Å²) in [5, 5.41) is 9.79. The third-order valence-electron chi connectivity index (χ3n) is 5.42. The number of benzene rings is 3. The lowest BCUT2D eigenvalue weighted by Gasteiger charge is -2.34. The minimum atomic E-state index is -0.106. The molecule has 3 aromatic carbocycles. The number of rotatable bonds is 7. The van der Waals surface area contributed by atoms with E-state index in [9.17, 15) is 9.90 Å². The van der Waals surface area contributed by atoms with Crippen LogP contribution in [0.25, 0.3) is 11.0 Å². The molecule has 152 valence electrons. The monoisotopic (exact) mass is 399 g/mol. The van der Waals surface area contributed by atoms with Gasteiger partial charge in [-0.2, -0.15) is 0 Å². The number of aromatic nitrogens is 2. The molecule has 1 aromatic heterocycles. The zero-order chi connectivity index (χ0) is 20.9. The van der Waals surface area contributed by atoms with Crippen LogP contribution in [0.1, 0.15) is 23.7 Å². The summed E-state index contributed by atoms with van der Waals surface area (Å²) >= 11 is 0. The van der Waals surface area contributed by atoms with Crippen molar-refractivity contribution in [3.05, 3.63) is 107 Å². The van der Waals surface area contributed by atoms with Gasteiger partial charge in [0.1, 0.15) is 5.69 Å². The van der Waals surface area contributed by atoms with E-state index in [2.05, 4.69) is 17.0 Å². The smallest absolute Gasteiger partial charge is 0.274 e. The summed E-state index contributed by atoms with van der Waals surface area (Å²) < 4.78 is 1.66. The van der Waals surface area contributed by atoms with Gasteiger partial charge in [-0.25, -0.2) is 4.98 Å². The molecule has 0 radical (unpaired) electrons. The van der Waals surface area contributed by atoms with Gasteiger partial charge in [0.05, 0.1) is 23.6 Å². The Balaban J connectivity index is 1.82. The number of aryl methyl sites for hydroxylation is 1. The van der Waals surface area contributed by atoms with Crippen LogP contribution in [0.5, 0.6) is 0 Å². The van der Waals surface area contributed by atoms with Crippen LogP contribution in [0.2, 0.25) is 0 Å². The third kappa shape index (κ3) is 3.98. The summed E-state index contributed by atoms with van der Waals surface area (Å²) in [5.41, 5.74) is 4.06. The molecule has 4 aromatic rings. The summed E-state index contributed by atoms with van der Waals surface area (Å²) in [5.74, 6) is 0. The Labute approximate surface area is 175 Å². The molecule has 5 nitrogen and oxygen atoms in total. The number of fused-ring (bicyclic) bond motifs is 1. The van der Waals surface area contributed by atoms with Crippen LogP contribution in [0.15, 0.2) is 89.7 Å². The molecule has 1 heterocycles. The number of hydrogen-bond donors (Lipinski definition) is 1. The normalized spacial score (nSPS) is 12.1. The van der Waals surface area contributed by atoms with Crippen molar-refractivity contribution in [2.75, 3.05) is 11.5 Å². The average Bonchev–Trinajstić information content (AvgIpc) is 2.80. The van der Waals surface area contributed by atoms with Crippen molar-refractivity contribution in [2.45, 2.75) is 19.0 Å². The first kappa shape index (κ1) is 19.9. The molecule has 0 aliphatic carbocycles. The van der Waals surface area contributed by atoms with E-state index >= 15 is 0 Å². The highest BCUT2D eigenvalue weighted by Gasteiger charge is 2.23. The zero-order valence-electron chi connectivity index (χ0n) is 17.0. The van der Waals surface area contributed by atoms with Crippen molar-refractivity contribution in [2.24, 2.45) is 7.05 Å². The number of para-hydroxylation sites is 3. The van der Waals surface area contributed by atoms with Crippen molar-refractivity contribution in [1.29, 1.82) is 0 Å². The van der Waals surface area contributed by atoms with Gasteiger partial charge >= 0.3 is 0 Å². The van der Waals surface area contributed by atoms with E-state index in [1.54, 1.807) is 11.6 Å². The minimum Gasteiger partial charge on any atom is -0.396 e. The molecule has 0 bridgehead atoms. The van der Waals surface area contributed by atoms with Crippen LogP contribution < -0.4 is 10.5 Å². The molecular weight excluding hydrogens is 374 g/mol. The topological polar surface area (TPSA) is 58.4 Å². The molecule has 4 rings (SSSR count). The van der Waals surface area contributed by atoms with E-state index in [1.807, 2.05) is 72.8 Å². The summed E-state index contributed by atoms with van der Waals surface area (Å²) in [6, 6.07) is 27.7. The van der Waals surface area contributed by atoms with Crippen molar-refractivity contribution < 1.29 is 5.11 Å². The largest absolute Gasteiger partial charge is 0.396 e. The zero-order valence-corrected chi connectivity index (χ0v) is 17.0. The van der Waals surface area contributed by atoms with Crippen LogP contribution >= 0.6 is 0 Å². The lowest BCUT2D eigenvalue weighted by Crippen LogP contribution is -2.34. The molecule has 0 saturated heterocycles. The highest BCUT2D eigenvalue weighted by Crippen LogP contribution is 2.31. The lowest BCUT2D eigenvalue weighted by atomic mass is 10.0. The number of nitrogens with zero attached hydrogens (tertiary/aromatic N) is 3. The average molecular weight is 399 g/mol. The molecule has 0 amide bonds. The van der Waals surface area contributed by atoms with E-state index in [-0.39, 0.29) is 18.2 Å². The van der Waals surface area contributed by atoms with Crippen LogP contribution in [0.3, 0.4) is 0 Å². The fraction of sp³-hybridized carbons (Fsp3) is 0.200. The Morgan fingerprint density at radius 2 is 1.57 bits per heavy atom. The minimum absolute atomic E-state index is 0.0477. The van der Waals surface area contributed by atoms with Gasteiger partial charge in [0.15, 0.2) is 0 Å². The number of hydrogen-bond acceptors (Lipinski definition) is 4. The van der Waals surface area contributed by atoms with Crippen molar-refractivity contribution >= 4 is 16.7 Å². The van der Waals surface area contributed by atoms with Gasteiger partial charge in [-0.3, -0.25) is 4.79 Å². The lowest BCUT2D eigenvalue weighted by molar-refractivity contribution is 0.272. The Kier molecular flexibility index (Phi) is 5.91. The molecule has 30 heavy (non-hydrogen) atoms. The number of aliphatic hydroxyl groups is 1. The predicted octanol–water partition coefficient (Wildman–Crippen LogP) is 4.06. The summed E-state index contributed by atoms with van der Waals surface area (Å²) in [6.45, 7) is 0.396. The number of aliphatic hydroxyl groups excluding tert-OH is 1. The molecule has 0 aliphatic rings. The quantitative estimate of drug-likeness (QED) is 0.509.